The lowest BCUT2D eigenvalue weighted by molar-refractivity contribution is -0.142. The quantitative estimate of drug-likeness (QED) is 0.668. The number of nitrogens with zero attached hydrogens (tertiary/aromatic N) is 2. The van der Waals surface area contributed by atoms with Crippen LogP contribution in [0.4, 0.5) is 13.2 Å². The first-order chi connectivity index (χ1) is 13.1. The van der Waals surface area contributed by atoms with E-state index in [1.807, 2.05) is 19.1 Å². The van der Waals surface area contributed by atoms with Crippen molar-refractivity contribution in [3.8, 4) is 0 Å². The summed E-state index contributed by atoms with van der Waals surface area (Å²) in [5.74, 6) is 0.104. The lowest BCUT2D eigenvalue weighted by Crippen LogP contribution is -2.34. The molecule has 0 saturated carbocycles. The van der Waals surface area contributed by atoms with Crippen LogP contribution in [0.15, 0.2) is 30.3 Å². The smallest absolute Gasteiger partial charge is 0.347 e. The van der Waals surface area contributed by atoms with E-state index in [0.29, 0.717) is 18.0 Å². The summed E-state index contributed by atoms with van der Waals surface area (Å²) >= 11 is 0. The van der Waals surface area contributed by atoms with Crippen molar-refractivity contribution < 1.29 is 18.0 Å². The predicted molar refractivity (Wildman–Crippen MR) is 103 cm³/mol. The summed E-state index contributed by atoms with van der Waals surface area (Å²) in [4.78, 5) is 12.7. The second-order valence-electron chi connectivity index (χ2n) is 7.23. The Labute approximate surface area is 164 Å². The maximum Gasteiger partial charge on any atom is 0.435 e. The fourth-order valence-electron chi connectivity index (χ4n) is 3.14. The van der Waals surface area contributed by atoms with Gasteiger partial charge in [-0.2, -0.15) is 18.3 Å². The molecule has 0 fully saturated rings. The zero-order valence-electron chi connectivity index (χ0n) is 17.0. The molecule has 0 radical (unpaired) electrons. The number of alkyl halides is 3. The molecule has 0 bridgehead atoms. The molecule has 1 aromatic heterocycles. The van der Waals surface area contributed by atoms with Gasteiger partial charge in [-0.25, -0.2) is 0 Å². The van der Waals surface area contributed by atoms with Gasteiger partial charge in [-0.3, -0.25) is 9.48 Å². The molecule has 1 heterocycles. The number of hydrogen-bond acceptors (Lipinski definition) is 2. The van der Waals surface area contributed by atoms with Crippen molar-refractivity contribution in [3.63, 3.8) is 0 Å². The van der Waals surface area contributed by atoms with E-state index in [9.17, 15) is 18.0 Å². The van der Waals surface area contributed by atoms with Gasteiger partial charge < -0.3 is 5.32 Å². The molecule has 2 aromatic rings. The molecular weight excluding hydrogens is 367 g/mol. The van der Waals surface area contributed by atoms with Gasteiger partial charge in [0.1, 0.15) is 6.04 Å². The molecule has 0 saturated heterocycles. The topological polar surface area (TPSA) is 46.9 Å². The lowest BCUT2D eigenvalue weighted by atomic mass is 9.95. The maximum atomic E-state index is 12.9. The monoisotopic (exact) mass is 395 g/mol. The summed E-state index contributed by atoms with van der Waals surface area (Å²) in [6.07, 6.45) is -2.81. The summed E-state index contributed by atoms with van der Waals surface area (Å²) < 4.78 is 39.7. The van der Waals surface area contributed by atoms with Crippen molar-refractivity contribution in [2.75, 3.05) is 0 Å². The van der Waals surface area contributed by atoms with Gasteiger partial charge in [0.05, 0.1) is 6.04 Å². The van der Waals surface area contributed by atoms with Gasteiger partial charge in [-0.15, -0.1) is 0 Å². The second kappa shape index (κ2) is 8.80. The number of benzene rings is 1. The number of rotatable bonds is 7. The van der Waals surface area contributed by atoms with E-state index in [0.717, 1.165) is 22.7 Å². The summed E-state index contributed by atoms with van der Waals surface area (Å²) in [6.45, 7) is 9.32. The van der Waals surface area contributed by atoms with Crippen LogP contribution in [0, 0.1) is 6.92 Å². The van der Waals surface area contributed by atoms with Crippen LogP contribution < -0.4 is 5.32 Å². The van der Waals surface area contributed by atoms with Crippen LogP contribution in [0.2, 0.25) is 0 Å². The number of hydrogen-bond donors (Lipinski definition) is 1. The summed E-state index contributed by atoms with van der Waals surface area (Å²) in [7, 11) is 0. The van der Waals surface area contributed by atoms with E-state index in [-0.39, 0.29) is 11.9 Å². The number of aryl methyl sites for hydroxylation is 1. The van der Waals surface area contributed by atoms with E-state index < -0.39 is 17.9 Å². The molecule has 4 nitrogen and oxygen atoms in total. The molecule has 28 heavy (non-hydrogen) atoms. The van der Waals surface area contributed by atoms with E-state index in [2.05, 4.69) is 36.4 Å². The van der Waals surface area contributed by atoms with Crippen LogP contribution in [0.25, 0.3) is 0 Å². The highest BCUT2D eigenvalue weighted by atomic mass is 19.4. The number of amides is 1. The minimum atomic E-state index is -4.53. The molecule has 154 valence electrons. The molecule has 0 aliphatic heterocycles. The summed E-state index contributed by atoms with van der Waals surface area (Å²) in [5.41, 5.74) is 1.52. The van der Waals surface area contributed by atoms with E-state index >= 15 is 0 Å². The van der Waals surface area contributed by atoms with Crippen molar-refractivity contribution in [1.29, 1.82) is 0 Å². The average molecular weight is 395 g/mol. The molecular formula is C21H28F3N3O. The Morgan fingerprint density at radius 2 is 1.68 bits per heavy atom. The van der Waals surface area contributed by atoms with Gasteiger partial charge in [0.15, 0.2) is 5.69 Å². The molecule has 3 unspecified atom stereocenters. The molecule has 1 N–H and O–H groups in total. The molecule has 0 aliphatic carbocycles. The van der Waals surface area contributed by atoms with Gasteiger partial charge in [-0.05, 0) is 49.8 Å². The molecule has 3 atom stereocenters. The second-order valence-corrected chi connectivity index (χ2v) is 7.23. The molecule has 7 heteroatoms. The van der Waals surface area contributed by atoms with Crippen molar-refractivity contribution in [1.82, 2.24) is 15.1 Å². The zero-order chi connectivity index (χ0) is 21.1. The van der Waals surface area contributed by atoms with Crippen LogP contribution >= 0.6 is 0 Å². The summed E-state index contributed by atoms with van der Waals surface area (Å²) in [6, 6.07) is 8.03. The first-order valence-electron chi connectivity index (χ1n) is 9.62. The van der Waals surface area contributed by atoms with Crippen LogP contribution in [-0.2, 0) is 11.0 Å². The van der Waals surface area contributed by atoms with Gasteiger partial charge in [-0.1, -0.05) is 45.0 Å². The van der Waals surface area contributed by atoms with Crippen molar-refractivity contribution in [2.45, 2.75) is 71.6 Å². The third-order valence-corrected chi connectivity index (χ3v) is 5.20. The molecule has 0 spiro atoms. The largest absolute Gasteiger partial charge is 0.435 e. The highest BCUT2D eigenvalue weighted by Gasteiger charge is 2.35. The Hall–Kier alpha value is -2.31. The van der Waals surface area contributed by atoms with E-state index in [4.69, 9.17) is 0 Å². The first kappa shape index (κ1) is 22.0. The average Bonchev–Trinajstić information content (AvgIpc) is 3.06. The normalized spacial score (nSPS) is 15.1. The Bertz CT molecular complexity index is 796. The molecule has 1 aromatic carbocycles. The van der Waals surface area contributed by atoms with Crippen molar-refractivity contribution >= 4 is 5.91 Å². The van der Waals surface area contributed by atoms with E-state index in [1.54, 1.807) is 6.92 Å². The fourth-order valence-corrected chi connectivity index (χ4v) is 3.14. The standard InChI is InChI=1S/C21H28F3N3O/c1-6-13(3)16-8-10-17(11-9-16)18(7-2)25-20(28)15(5)27-14(4)12-19(26-27)21(22,23)24/h8-13,15,18H,6-7H2,1-5H3,(H,25,28). The van der Waals surface area contributed by atoms with Gasteiger partial charge in [0.2, 0.25) is 5.91 Å². The van der Waals surface area contributed by atoms with Crippen LogP contribution in [0.5, 0.6) is 0 Å². The Balaban J connectivity index is 2.14. The number of halogens is 3. The highest BCUT2D eigenvalue weighted by molar-refractivity contribution is 5.80. The third-order valence-electron chi connectivity index (χ3n) is 5.20. The Morgan fingerprint density at radius 1 is 1.11 bits per heavy atom. The summed E-state index contributed by atoms with van der Waals surface area (Å²) in [5, 5.41) is 6.52. The SMILES string of the molecule is CCC(C)c1ccc(C(CC)NC(=O)C(C)n2nc(C(F)(F)F)cc2C)cc1. The minimum absolute atomic E-state index is 0.209. The van der Waals surface area contributed by atoms with Crippen molar-refractivity contribution in [3.05, 3.63) is 52.8 Å². The number of aromatic nitrogens is 2. The molecule has 1 amide bonds. The number of carbonyl (C=O) groups excluding carboxylic acids is 1. The van der Waals surface area contributed by atoms with Crippen LogP contribution in [0.1, 0.15) is 81.1 Å². The Kier molecular flexibility index (Phi) is 6.91. The number of nitrogens with one attached hydrogen (secondary N) is 1. The molecule has 0 aliphatic rings. The lowest BCUT2D eigenvalue weighted by Gasteiger charge is -2.22. The van der Waals surface area contributed by atoms with Gasteiger partial charge >= 0.3 is 6.18 Å². The van der Waals surface area contributed by atoms with Crippen LogP contribution in [0.3, 0.4) is 0 Å². The fraction of sp³-hybridized carbons (Fsp3) is 0.524. The number of carbonyl (C=O) groups is 1. The maximum absolute atomic E-state index is 12.9. The van der Waals surface area contributed by atoms with Crippen molar-refractivity contribution in [2.24, 2.45) is 0 Å². The van der Waals surface area contributed by atoms with Gasteiger partial charge in [0, 0.05) is 5.69 Å². The first-order valence-corrected chi connectivity index (χ1v) is 9.62. The third kappa shape index (κ3) is 4.94. The zero-order valence-corrected chi connectivity index (χ0v) is 17.0. The highest BCUT2D eigenvalue weighted by Crippen LogP contribution is 2.29. The van der Waals surface area contributed by atoms with E-state index in [1.165, 1.54) is 12.5 Å². The minimum Gasteiger partial charge on any atom is -0.347 e. The molecule has 2 rings (SSSR count). The van der Waals surface area contributed by atoms with Crippen LogP contribution in [-0.4, -0.2) is 15.7 Å². The Morgan fingerprint density at radius 3 is 2.14 bits per heavy atom. The predicted octanol–water partition coefficient (Wildman–Crippen LogP) is 5.55. The van der Waals surface area contributed by atoms with Gasteiger partial charge in [0.25, 0.3) is 0 Å².